The molecule has 6 rings (SSSR count). The topological polar surface area (TPSA) is 248 Å². The highest BCUT2D eigenvalue weighted by Crippen LogP contribution is 2.70. The predicted molar refractivity (Wildman–Crippen MR) is 281 cm³/mol. The lowest BCUT2D eigenvalue weighted by atomic mass is 9.45. The molecule has 0 bridgehead atoms. The standard InChI is InChI=1S/C58H93FN2O16/c1-16-44-56(12,70)48(66)36(7)61(15)30-31(2)28-55(11,69)49(77-51-47(74-37(8)62)42(60(13)14)26-33(4)73-51)34(5)46(35(6)50(67)75-44)76-45(65)19-17-18-24-72-52(68)58(71)32(3)25-41-40-21-20-38-27-39(63)22-23-53(38,9)57(40,59)43(64)29-54(41,58)10/h22-23,27,31-36,40-44,46-49,51,64,66,69-71H,16-21,24-26,28-30H2,1-15H3/t31-,32-,33?,34+,35-,36-,40?,41?,42-,43+,44-,46+,47-,48-,49-,51?,53+,54+,55?,56-,57+,58+/m1/s1. The van der Waals surface area contributed by atoms with Gasteiger partial charge in [-0.2, -0.15) is 0 Å². The molecule has 3 saturated carbocycles. The van der Waals surface area contributed by atoms with Gasteiger partial charge in [0.15, 0.2) is 29.4 Å². The molecule has 438 valence electrons. The Bertz CT molecular complexity index is 2220. The summed E-state index contributed by atoms with van der Waals surface area (Å²) in [5, 5.41) is 60.5. The number of likely N-dealkylation sites (N-methyl/N-ethyl adjacent to an activating group) is 2. The van der Waals surface area contributed by atoms with Crippen molar-refractivity contribution >= 4 is 29.7 Å². The summed E-state index contributed by atoms with van der Waals surface area (Å²) in [6, 6.07) is -0.985. The van der Waals surface area contributed by atoms with Crippen molar-refractivity contribution in [3.63, 3.8) is 0 Å². The van der Waals surface area contributed by atoms with E-state index in [1.807, 2.05) is 37.7 Å². The van der Waals surface area contributed by atoms with E-state index in [1.54, 1.807) is 61.6 Å². The number of allylic oxidation sites excluding steroid dienone is 4. The van der Waals surface area contributed by atoms with Crippen LogP contribution in [0, 0.1) is 46.3 Å². The summed E-state index contributed by atoms with van der Waals surface area (Å²) >= 11 is 0. The highest BCUT2D eigenvalue weighted by molar-refractivity contribution is 6.01. The molecule has 0 amide bonds. The van der Waals surface area contributed by atoms with E-state index in [0.717, 1.165) is 0 Å². The van der Waals surface area contributed by atoms with E-state index in [9.17, 15) is 49.5 Å². The third kappa shape index (κ3) is 11.7. The number of nitrogens with zero attached hydrogens (tertiary/aromatic N) is 2. The summed E-state index contributed by atoms with van der Waals surface area (Å²) in [6.07, 6.45) is -3.23. The number of rotatable bonds is 12. The zero-order chi connectivity index (χ0) is 57.7. The number of esters is 4. The number of aliphatic hydroxyl groups excluding tert-OH is 2. The van der Waals surface area contributed by atoms with Crippen LogP contribution in [0.3, 0.4) is 0 Å². The molecule has 2 saturated heterocycles. The van der Waals surface area contributed by atoms with Crippen molar-refractivity contribution in [2.24, 2.45) is 46.3 Å². The first kappa shape index (κ1) is 62.8. The Morgan fingerprint density at radius 2 is 1.58 bits per heavy atom. The second-order valence-corrected chi connectivity index (χ2v) is 25.4. The van der Waals surface area contributed by atoms with Gasteiger partial charge < -0.3 is 63.8 Å². The number of hydrogen-bond acceptors (Lipinski definition) is 18. The number of ketones is 1. The molecule has 0 aromatic carbocycles. The van der Waals surface area contributed by atoms with Gasteiger partial charge in [0.1, 0.15) is 23.9 Å². The Morgan fingerprint density at radius 1 is 0.922 bits per heavy atom. The van der Waals surface area contributed by atoms with Gasteiger partial charge in [0, 0.05) is 48.6 Å². The van der Waals surface area contributed by atoms with E-state index in [0.29, 0.717) is 37.8 Å². The lowest BCUT2D eigenvalue weighted by molar-refractivity contribution is -0.301. The fourth-order valence-corrected chi connectivity index (χ4v) is 15.1. The first-order chi connectivity index (χ1) is 35.6. The Balaban J connectivity index is 1.22. The monoisotopic (exact) mass is 1090 g/mol. The predicted octanol–water partition coefficient (Wildman–Crippen LogP) is 5.16. The third-order valence-electron chi connectivity index (χ3n) is 19.5. The van der Waals surface area contributed by atoms with E-state index >= 15 is 4.39 Å². The molecule has 6 aliphatic rings. The van der Waals surface area contributed by atoms with Crippen molar-refractivity contribution in [3.8, 4) is 0 Å². The molecular formula is C58H93FN2O16. The van der Waals surface area contributed by atoms with Gasteiger partial charge in [0.25, 0.3) is 0 Å². The zero-order valence-electron chi connectivity index (χ0n) is 48.5. The van der Waals surface area contributed by atoms with E-state index in [1.165, 1.54) is 32.9 Å². The van der Waals surface area contributed by atoms with Crippen LogP contribution in [0.15, 0.2) is 23.8 Å². The second kappa shape index (κ2) is 23.6. The summed E-state index contributed by atoms with van der Waals surface area (Å²) in [7, 11) is 5.49. The Kier molecular flexibility index (Phi) is 19.2. The molecule has 4 aliphatic carbocycles. The summed E-state index contributed by atoms with van der Waals surface area (Å²) in [6.45, 7) is 20.1. The fraction of sp³-hybridized carbons (Fsp3) is 0.845. The number of halogens is 1. The Labute approximate surface area is 455 Å². The summed E-state index contributed by atoms with van der Waals surface area (Å²) in [5.74, 6) is -7.64. The summed E-state index contributed by atoms with van der Waals surface area (Å²) < 4.78 is 54.9. The van der Waals surface area contributed by atoms with E-state index < -0.39 is 136 Å². The van der Waals surface area contributed by atoms with Crippen molar-refractivity contribution in [1.29, 1.82) is 0 Å². The summed E-state index contributed by atoms with van der Waals surface area (Å²) in [5.41, 5.74) is -9.71. The van der Waals surface area contributed by atoms with E-state index in [2.05, 4.69) is 0 Å². The van der Waals surface area contributed by atoms with E-state index in [4.69, 9.17) is 28.4 Å². The number of fused-ring (bicyclic) bond motifs is 5. The first-order valence-corrected chi connectivity index (χ1v) is 28.2. The van der Waals surface area contributed by atoms with Gasteiger partial charge in [-0.25, -0.2) is 9.18 Å². The van der Waals surface area contributed by atoms with Crippen LogP contribution in [0.2, 0.25) is 0 Å². The number of alkyl halides is 1. The molecule has 2 aliphatic heterocycles. The van der Waals surface area contributed by atoms with Crippen LogP contribution in [0.5, 0.6) is 0 Å². The molecule has 0 radical (unpaired) electrons. The quantitative estimate of drug-likeness (QED) is 0.0962. The highest BCUT2D eigenvalue weighted by Gasteiger charge is 2.76. The van der Waals surface area contributed by atoms with Crippen molar-refractivity contribution in [1.82, 2.24) is 9.80 Å². The normalized spacial score (nSPS) is 46.1. The van der Waals surface area contributed by atoms with Crippen LogP contribution >= 0.6 is 0 Å². The van der Waals surface area contributed by atoms with Gasteiger partial charge in [0.2, 0.25) is 0 Å². The fourth-order valence-electron chi connectivity index (χ4n) is 15.1. The number of ether oxygens (including phenoxy) is 6. The largest absolute Gasteiger partial charge is 0.464 e. The highest BCUT2D eigenvalue weighted by atomic mass is 19.1. The molecule has 19 heteroatoms. The molecule has 0 aromatic rings. The number of aliphatic hydroxyl groups is 5. The molecule has 5 fully saturated rings. The van der Waals surface area contributed by atoms with Crippen LogP contribution in [0.1, 0.15) is 147 Å². The van der Waals surface area contributed by atoms with Crippen molar-refractivity contribution in [3.05, 3.63) is 23.8 Å². The maximum absolute atomic E-state index is 17.7. The first-order valence-electron chi connectivity index (χ1n) is 28.2. The number of cyclic esters (lactones) is 1. The maximum Gasteiger partial charge on any atom is 0.338 e. The molecular weight excluding hydrogens is 1000 g/mol. The van der Waals surface area contributed by atoms with Gasteiger partial charge in [-0.1, -0.05) is 46.3 Å². The second-order valence-electron chi connectivity index (χ2n) is 25.4. The van der Waals surface area contributed by atoms with Gasteiger partial charge in [-0.15, -0.1) is 0 Å². The van der Waals surface area contributed by atoms with Gasteiger partial charge in [-0.3, -0.25) is 19.2 Å². The van der Waals surface area contributed by atoms with Gasteiger partial charge in [0.05, 0.1) is 42.5 Å². The average molecular weight is 1090 g/mol. The number of unbranched alkanes of at least 4 members (excludes halogenated alkanes) is 1. The van der Waals surface area contributed by atoms with Gasteiger partial charge in [-0.05, 0) is 150 Å². The molecule has 5 N–H and O–H groups in total. The minimum atomic E-state index is -2.14. The third-order valence-corrected chi connectivity index (χ3v) is 19.5. The van der Waals surface area contributed by atoms with Crippen molar-refractivity contribution < 1.29 is 82.3 Å². The van der Waals surface area contributed by atoms with Crippen LogP contribution in [0.25, 0.3) is 0 Å². The molecule has 0 aromatic heterocycles. The minimum absolute atomic E-state index is 0.100. The van der Waals surface area contributed by atoms with Crippen LogP contribution in [0.4, 0.5) is 4.39 Å². The Hall–Kier alpha value is -3.40. The van der Waals surface area contributed by atoms with Crippen molar-refractivity contribution in [2.45, 2.75) is 231 Å². The lowest BCUT2D eigenvalue weighted by Crippen LogP contribution is -2.69. The van der Waals surface area contributed by atoms with Crippen LogP contribution in [-0.2, 0) is 52.4 Å². The maximum atomic E-state index is 17.7. The van der Waals surface area contributed by atoms with E-state index in [-0.39, 0.29) is 69.0 Å². The molecule has 77 heavy (non-hydrogen) atoms. The SMILES string of the molecule is CC[C@H]1OC(=O)[C@H](C)[C@@H](OC(=O)CCCCOC(=O)[C@@]2(O)[C@H](C)CC3C4CCC5=CC(=O)C=C[C@]5(C)[C@@]4(F)[C@@H](O)C[C@@]32C)[C@H](C)[C@@H](OC2OC(C)C[C@@H](N(C)C)[C@H]2OC(C)=O)C(C)(O)C[C@@H](C)CN(C)[C@H](C)[C@@H](O)[C@]1(C)O. The molecule has 5 unspecified atom stereocenters. The molecule has 22 atom stereocenters. The molecule has 0 spiro atoms. The van der Waals surface area contributed by atoms with Gasteiger partial charge >= 0.3 is 23.9 Å². The number of hydrogen-bond donors (Lipinski definition) is 5. The van der Waals surface area contributed by atoms with Crippen LogP contribution < -0.4 is 0 Å². The zero-order valence-corrected chi connectivity index (χ0v) is 48.5. The molecule has 2 heterocycles. The van der Waals surface area contributed by atoms with Crippen LogP contribution in [-0.4, -0.2) is 183 Å². The summed E-state index contributed by atoms with van der Waals surface area (Å²) in [4.78, 5) is 71.4. The number of carbonyl (C=O) groups is 5. The Morgan fingerprint density at radius 3 is 2.21 bits per heavy atom. The smallest absolute Gasteiger partial charge is 0.338 e. The lowest BCUT2D eigenvalue weighted by Gasteiger charge is -2.62. The van der Waals surface area contributed by atoms with Crippen molar-refractivity contribution in [2.75, 3.05) is 34.3 Å². The molecule has 18 nitrogen and oxygen atoms in total. The minimum Gasteiger partial charge on any atom is -0.464 e. The number of carbonyl (C=O) groups excluding carboxylic acids is 5. The average Bonchev–Trinajstić information content (AvgIpc) is 3.79.